The highest BCUT2D eigenvalue weighted by Gasteiger charge is 2.22. The Labute approximate surface area is 209 Å². The van der Waals surface area contributed by atoms with Crippen molar-refractivity contribution in [2.45, 2.75) is 25.3 Å². The average Bonchev–Trinajstić information content (AvgIpc) is 3.15. The van der Waals surface area contributed by atoms with Gasteiger partial charge in [0.15, 0.2) is 15.6 Å². The largest absolute Gasteiger partial charge is 0.372 e. The van der Waals surface area contributed by atoms with Gasteiger partial charge in [0.2, 0.25) is 0 Å². The molecule has 0 saturated heterocycles. The molecule has 0 bridgehead atoms. The summed E-state index contributed by atoms with van der Waals surface area (Å²) >= 11 is 0. The van der Waals surface area contributed by atoms with E-state index in [4.69, 9.17) is 0 Å². The molecule has 3 aromatic carbocycles. The van der Waals surface area contributed by atoms with Crippen LogP contribution >= 0.6 is 0 Å². The van der Waals surface area contributed by atoms with E-state index in [0.717, 1.165) is 29.6 Å². The van der Waals surface area contributed by atoms with Crippen molar-refractivity contribution in [2.24, 2.45) is 0 Å². The molecule has 0 N–H and O–H groups in total. The second-order valence-electron chi connectivity index (χ2n) is 8.44. The topological polar surface area (TPSA) is 98.4 Å². The fourth-order valence-corrected chi connectivity index (χ4v) is 4.89. The van der Waals surface area contributed by atoms with Crippen molar-refractivity contribution in [3.05, 3.63) is 94.4 Å². The first-order valence-corrected chi connectivity index (χ1v) is 13.5. The third-order valence-electron chi connectivity index (χ3n) is 6.17. The van der Waals surface area contributed by atoms with Crippen LogP contribution in [0.25, 0.3) is 11.0 Å². The number of aromatic nitrogens is 2. The minimum Gasteiger partial charge on any atom is -0.372 e. The Kier molecular flexibility index (Phi) is 6.94. The fourth-order valence-electron chi connectivity index (χ4n) is 4.23. The lowest BCUT2D eigenvalue weighted by Gasteiger charge is -2.21. The first kappa shape index (κ1) is 25.1. The van der Waals surface area contributed by atoms with Crippen LogP contribution in [0.2, 0.25) is 0 Å². The molecular weight excluding hydrogens is 478 g/mol. The summed E-state index contributed by atoms with van der Waals surface area (Å²) in [5, 5.41) is 0. The Hall–Kier alpha value is -3.98. The number of Topliss-reactive ketones (excluding diaryl/α,β-unsaturated/α-hetero) is 1. The Bertz CT molecular complexity index is 1610. The molecule has 0 fully saturated rings. The van der Waals surface area contributed by atoms with Gasteiger partial charge in [-0.05, 0) is 68.4 Å². The van der Waals surface area contributed by atoms with Gasteiger partial charge in [-0.3, -0.25) is 14.2 Å². The maximum absolute atomic E-state index is 13.4. The van der Waals surface area contributed by atoms with Crippen LogP contribution in [0.15, 0.2) is 82.5 Å². The van der Waals surface area contributed by atoms with Crippen molar-refractivity contribution in [1.29, 1.82) is 0 Å². The number of imidazole rings is 1. The van der Waals surface area contributed by atoms with Gasteiger partial charge >= 0.3 is 5.69 Å². The van der Waals surface area contributed by atoms with Gasteiger partial charge in [-0.25, -0.2) is 17.8 Å². The SMILES string of the molecule is CCN(CC)c1ccc(C(=O)Cn2c(=O)n(C(=O)c3cccc(S(C)(=O)=O)c3)c3ccccc32)cc1. The minimum absolute atomic E-state index is 0.0199. The van der Waals surface area contributed by atoms with Crippen molar-refractivity contribution in [3.8, 4) is 0 Å². The lowest BCUT2D eigenvalue weighted by molar-refractivity contribution is 0.0945. The third-order valence-corrected chi connectivity index (χ3v) is 7.28. The van der Waals surface area contributed by atoms with Gasteiger partial charge in [-0.1, -0.05) is 18.2 Å². The predicted molar refractivity (Wildman–Crippen MR) is 140 cm³/mol. The van der Waals surface area contributed by atoms with Gasteiger partial charge in [0.25, 0.3) is 5.91 Å². The Morgan fingerprint density at radius 1 is 0.833 bits per heavy atom. The number of carbonyl (C=O) groups excluding carboxylic acids is 2. The molecular formula is C27H27N3O5S. The molecule has 0 atom stereocenters. The third kappa shape index (κ3) is 4.74. The van der Waals surface area contributed by atoms with Gasteiger partial charge in [-0.2, -0.15) is 0 Å². The lowest BCUT2D eigenvalue weighted by Crippen LogP contribution is -2.31. The number of nitrogens with zero attached hydrogens (tertiary/aromatic N) is 3. The quantitative estimate of drug-likeness (QED) is 0.339. The summed E-state index contributed by atoms with van der Waals surface area (Å²) in [7, 11) is -3.54. The summed E-state index contributed by atoms with van der Waals surface area (Å²) in [6, 6.07) is 19.5. The highest BCUT2D eigenvalue weighted by atomic mass is 32.2. The van der Waals surface area contributed by atoms with E-state index in [1.54, 1.807) is 36.4 Å². The minimum atomic E-state index is -3.54. The van der Waals surface area contributed by atoms with Gasteiger partial charge < -0.3 is 4.90 Å². The maximum Gasteiger partial charge on any atom is 0.336 e. The van der Waals surface area contributed by atoms with Gasteiger partial charge in [0.1, 0.15) is 0 Å². The number of benzene rings is 3. The Morgan fingerprint density at radius 2 is 1.47 bits per heavy atom. The van der Waals surface area contributed by atoms with Crippen LogP contribution in [0, 0.1) is 0 Å². The molecule has 0 unspecified atom stereocenters. The predicted octanol–water partition coefficient (Wildman–Crippen LogP) is 3.62. The van der Waals surface area contributed by atoms with Crippen molar-refractivity contribution in [1.82, 2.24) is 9.13 Å². The van der Waals surface area contributed by atoms with E-state index in [2.05, 4.69) is 18.7 Å². The van der Waals surface area contributed by atoms with Crippen LogP contribution < -0.4 is 10.6 Å². The average molecular weight is 506 g/mol. The molecule has 0 aliphatic carbocycles. The molecule has 0 amide bonds. The van der Waals surface area contributed by atoms with E-state index < -0.39 is 21.4 Å². The van der Waals surface area contributed by atoms with Gasteiger partial charge in [0.05, 0.1) is 22.5 Å². The summed E-state index contributed by atoms with van der Waals surface area (Å²) in [4.78, 5) is 42.0. The van der Waals surface area contributed by atoms with Crippen LogP contribution in [0.1, 0.15) is 34.6 Å². The summed E-state index contributed by atoms with van der Waals surface area (Å²) in [6.07, 6.45) is 1.05. The second-order valence-corrected chi connectivity index (χ2v) is 10.5. The number of anilines is 1. The van der Waals surface area contributed by atoms with Crippen LogP contribution in [-0.2, 0) is 16.4 Å². The summed E-state index contributed by atoms with van der Waals surface area (Å²) in [5.41, 5.74) is 1.62. The monoisotopic (exact) mass is 505 g/mol. The molecule has 8 nitrogen and oxygen atoms in total. The van der Waals surface area contributed by atoms with Crippen molar-refractivity contribution in [3.63, 3.8) is 0 Å². The molecule has 36 heavy (non-hydrogen) atoms. The smallest absolute Gasteiger partial charge is 0.336 e. The van der Waals surface area contributed by atoms with Crippen molar-refractivity contribution >= 4 is 38.2 Å². The zero-order valence-electron chi connectivity index (χ0n) is 20.3. The van der Waals surface area contributed by atoms with E-state index in [1.165, 1.54) is 28.8 Å². The molecule has 0 saturated carbocycles. The number of fused-ring (bicyclic) bond motifs is 1. The van der Waals surface area contributed by atoms with E-state index >= 15 is 0 Å². The highest BCUT2D eigenvalue weighted by molar-refractivity contribution is 7.90. The van der Waals surface area contributed by atoms with Crippen LogP contribution in [-0.4, -0.2) is 48.6 Å². The molecule has 0 aliphatic heterocycles. The first-order chi connectivity index (χ1) is 17.2. The number of ketones is 1. The fraction of sp³-hybridized carbons (Fsp3) is 0.222. The highest BCUT2D eigenvalue weighted by Crippen LogP contribution is 2.19. The molecule has 0 aliphatic rings. The molecule has 186 valence electrons. The van der Waals surface area contributed by atoms with Crippen LogP contribution in [0.3, 0.4) is 0 Å². The van der Waals surface area contributed by atoms with Gasteiger partial charge in [-0.15, -0.1) is 0 Å². The molecule has 1 heterocycles. The lowest BCUT2D eigenvalue weighted by atomic mass is 10.1. The normalized spacial score (nSPS) is 11.5. The zero-order chi connectivity index (χ0) is 26.0. The number of carbonyl (C=O) groups is 2. The number of para-hydroxylation sites is 2. The van der Waals surface area contributed by atoms with Crippen molar-refractivity contribution < 1.29 is 18.0 Å². The van der Waals surface area contributed by atoms with Crippen LogP contribution in [0.4, 0.5) is 5.69 Å². The summed E-state index contributed by atoms with van der Waals surface area (Å²) in [6.45, 7) is 5.57. The molecule has 4 rings (SSSR count). The number of hydrogen-bond donors (Lipinski definition) is 0. The van der Waals surface area contributed by atoms with Crippen LogP contribution in [0.5, 0.6) is 0 Å². The van der Waals surface area contributed by atoms with E-state index in [9.17, 15) is 22.8 Å². The number of rotatable bonds is 8. The maximum atomic E-state index is 13.4. The standard InChI is InChI=1S/C27H27N3O5S/c1-4-28(5-2)21-15-13-19(14-16-21)25(31)18-29-23-11-6-7-12-24(23)30(27(29)33)26(32)20-9-8-10-22(17-20)36(3,34)35/h6-17H,4-5,18H2,1-3H3. The summed E-state index contributed by atoms with van der Waals surface area (Å²) < 4.78 is 26.2. The molecule has 1 aromatic heterocycles. The first-order valence-electron chi connectivity index (χ1n) is 11.6. The van der Waals surface area contributed by atoms with Crippen molar-refractivity contribution in [2.75, 3.05) is 24.2 Å². The zero-order valence-corrected chi connectivity index (χ0v) is 21.2. The molecule has 4 aromatic rings. The second kappa shape index (κ2) is 9.94. The molecule has 9 heteroatoms. The van der Waals surface area contributed by atoms with Gasteiger partial charge in [0, 0.05) is 36.2 Å². The number of hydrogen-bond acceptors (Lipinski definition) is 6. The molecule has 0 spiro atoms. The van der Waals surface area contributed by atoms with E-state index in [0.29, 0.717) is 16.6 Å². The summed E-state index contributed by atoms with van der Waals surface area (Å²) in [5.74, 6) is -0.936. The Morgan fingerprint density at radius 3 is 2.08 bits per heavy atom. The molecule has 0 radical (unpaired) electrons. The Balaban J connectivity index is 1.72. The van der Waals surface area contributed by atoms with E-state index in [-0.39, 0.29) is 22.8 Å². The number of sulfone groups is 1. The van der Waals surface area contributed by atoms with E-state index in [1.807, 2.05) is 12.1 Å².